The number of aromatic nitrogens is 1. The lowest BCUT2D eigenvalue weighted by Gasteiger charge is -2.10. The van der Waals surface area contributed by atoms with Crippen molar-refractivity contribution >= 4 is 0 Å². The van der Waals surface area contributed by atoms with Gasteiger partial charge in [0.15, 0.2) is 0 Å². The van der Waals surface area contributed by atoms with Gasteiger partial charge in [-0.05, 0) is 6.42 Å². The molecule has 1 atom stereocenters. The molecule has 0 bridgehead atoms. The Balaban J connectivity index is 3.12. The fraction of sp³-hybridized carbons (Fsp3) is 0.375. The third kappa shape index (κ3) is 1.58. The van der Waals surface area contributed by atoms with Crippen molar-refractivity contribution in [3.05, 3.63) is 29.6 Å². The van der Waals surface area contributed by atoms with Crippen molar-refractivity contribution in [2.24, 2.45) is 5.73 Å². The van der Waals surface area contributed by atoms with Gasteiger partial charge < -0.3 is 5.73 Å². The number of pyridine rings is 1. The van der Waals surface area contributed by atoms with E-state index < -0.39 is 17.7 Å². The van der Waals surface area contributed by atoms with Crippen LogP contribution in [-0.2, 0) is 0 Å². The molecule has 0 saturated carbocycles. The summed E-state index contributed by atoms with van der Waals surface area (Å²) in [5.41, 5.74) is 5.41. The molecule has 0 aromatic carbocycles. The van der Waals surface area contributed by atoms with Crippen LogP contribution >= 0.6 is 0 Å². The SMILES string of the molecule is CC[C@H](N)c1c(F)cncc1F. The van der Waals surface area contributed by atoms with Crippen LogP contribution in [0.2, 0.25) is 0 Å². The largest absolute Gasteiger partial charge is 0.324 e. The normalized spacial score (nSPS) is 13.0. The van der Waals surface area contributed by atoms with E-state index >= 15 is 0 Å². The minimum absolute atomic E-state index is 0.0764. The third-order valence-corrected chi connectivity index (χ3v) is 1.70. The number of rotatable bonds is 2. The van der Waals surface area contributed by atoms with Crippen molar-refractivity contribution in [1.29, 1.82) is 0 Å². The molecule has 0 spiro atoms. The summed E-state index contributed by atoms with van der Waals surface area (Å²) in [5, 5.41) is 0. The Labute approximate surface area is 69.4 Å². The fourth-order valence-electron chi connectivity index (χ4n) is 0.980. The number of nitrogens with two attached hydrogens (primary N) is 1. The van der Waals surface area contributed by atoms with Crippen LogP contribution in [-0.4, -0.2) is 4.98 Å². The van der Waals surface area contributed by atoms with Crippen LogP contribution in [0.25, 0.3) is 0 Å². The second kappa shape index (κ2) is 3.58. The highest BCUT2D eigenvalue weighted by Gasteiger charge is 2.14. The van der Waals surface area contributed by atoms with Gasteiger partial charge in [0, 0.05) is 11.6 Å². The van der Waals surface area contributed by atoms with Gasteiger partial charge in [-0.2, -0.15) is 0 Å². The summed E-state index contributed by atoms with van der Waals surface area (Å²) in [5.74, 6) is -1.35. The summed E-state index contributed by atoms with van der Waals surface area (Å²) in [6, 6.07) is -0.590. The van der Waals surface area contributed by atoms with E-state index in [0.717, 1.165) is 12.4 Å². The molecule has 0 amide bonds. The predicted octanol–water partition coefficient (Wildman–Crippen LogP) is 1.77. The Morgan fingerprint density at radius 3 is 2.33 bits per heavy atom. The second-order valence-corrected chi connectivity index (χ2v) is 2.53. The van der Waals surface area contributed by atoms with Crippen molar-refractivity contribution in [2.75, 3.05) is 0 Å². The van der Waals surface area contributed by atoms with Gasteiger partial charge >= 0.3 is 0 Å². The molecule has 1 aromatic rings. The highest BCUT2D eigenvalue weighted by molar-refractivity contribution is 5.18. The molecule has 66 valence electrons. The van der Waals surface area contributed by atoms with E-state index in [0.29, 0.717) is 6.42 Å². The summed E-state index contributed by atoms with van der Waals surface area (Å²) in [4.78, 5) is 3.36. The summed E-state index contributed by atoms with van der Waals surface area (Å²) in [6.45, 7) is 1.77. The Morgan fingerprint density at radius 2 is 1.92 bits per heavy atom. The van der Waals surface area contributed by atoms with Gasteiger partial charge in [-0.1, -0.05) is 6.92 Å². The molecule has 0 aliphatic carbocycles. The van der Waals surface area contributed by atoms with Crippen LogP contribution in [0.3, 0.4) is 0 Å². The Morgan fingerprint density at radius 1 is 1.42 bits per heavy atom. The van der Waals surface area contributed by atoms with Gasteiger partial charge in [0.1, 0.15) is 11.6 Å². The Bertz CT molecular complexity index is 256. The van der Waals surface area contributed by atoms with Gasteiger partial charge in [0.25, 0.3) is 0 Å². The van der Waals surface area contributed by atoms with E-state index in [1.54, 1.807) is 6.92 Å². The number of hydrogen-bond acceptors (Lipinski definition) is 2. The zero-order chi connectivity index (χ0) is 9.14. The smallest absolute Gasteiger partial charge is 0.149 e. The molecule has 0 saturated heterocycles. The lowest BCUT2D eigenvalue weighted by Crippen LogP contribution is -2.13. The molecule has 0 radical (unpaired) electrons. The van der Waals surface area contributed by atoms with Crippen LogP contribution in [0.5, 0.6) is 0 Å². The molecule has 0 aliphatic heterocycles. The third-order valence-electron chi connectivity index (χ3n) is 1.70. The zero-order valence-electron chi connectivity index (χ0n) is 6.72. The van der Waals surface area contributed by atoms with Crippen molar-refractivity contribution in [3.8, 4) is 0 Å². The minimum Gasteiger partial charge on any atom is -0.324 e. The van der Waals surface area contributed by atoms with Gasteiger partial charge in [-0.15, -0.1) is 0 Å². The van der Waals surface area contributed by atoms with Crippen molar-refractivity contribution in [2.45, 2.75) is 19.4 Å². The van der Waals surface area contributed by atoms with Gasteiger partial charge in [-0.25, -0.2) is 8.78 Å². The average molecular weight is 172 g/mol. The van der Waals surface area contributed by atoms with Crippen LogP contribution in [0.1, 0.15) is 24.9 Å². The molecule has 2 N–H and O–H groups in total. The first kappa shape index (κ1) is 9.06. The Kier molecular flexibility index (Phi) is 2.70. The summed E-state index contributed by atoms with van der Waals surface area (Å²) in [7, 11) is 0. The van der Waals surface area contributed by atoms with Crippen LogP contribution in [0, 0.1) is 11.6 Å². The molecule has 4 heteroatoms. The average Bonchev–Trinajstić information content (AvgIpc) is 2.03. The van der Waals surface area contributed by atoms with E-state index in [-0.39, 0.29) is 5.56 Å². The molecule has 2 nitrogen and oxygen atoms in total. The monoisotopic (exact) mass is 172 g/mol. The van der Waals surface area contributed by atoms with Gasteiger partial charge in [-0.3, -0.25) is 4.98 Å². The first-order valence-electron chi connectivity index (χ1n) is 3.71. The lowest BCUT2D eigenvalue weighted by molar-refractivity contribution is 0.512. The Hall–Kier alpha value is -1.03. The first-order valence-corrected chi connectivity index (χ1v) is 3.71. The molecular formula is C8H10F2N2. The second-order valence-electron chi connectivity index (χ2n) is 2.53. The predicted molar refractivity (Wildman–Crippen MR) is 41.4 cm³/mol. The van der Waals surface area contributed by atoms with E-state index in [4.69, 9.17) is 5.73 Å². The van der Waals surface area contributed by atoms with E-state index in [9.17, 15) is 8.78 Å². The zero-order valence-corrected chi connectivity index (χ0v) is 6.72. The van der Waals surface area contributed by atoms with Crippen molar-refractivity contribution in [3.63, 3.8) is 0 Å². The highest BCUT2D eigenvalue weighted by atomic mass is 19.1. The van der Waals surface area contributed by atoms with Gasteiger partial charge in [0.05, 0.1) is 12.4 Å². The molecule has 12 heavy (non-hydrogen) atoms. The molecular weight excluding hydrogens is 162 g/mol. The maximum atomic E-state index is 12.9. The number of halogens is 2. The first-order chi connectivity index (χ1) is 5.66. The molecule has 0 aliphatic rings. The maximum absolute atomic E-state index is 12.9. The quantitative estimate of drug-likeness (QED) is 0.738. The van der Waals surface area contributed by atoms with Gasteiger partial charge in [0.2, 0.25) is 0 Å². The highest BCUT2D eigenvalue weighted by Crippen LogP contribution is 2.19. The number of nitrogens with zero attached hydrogens (tertiary/aromatic N) is 1. The standard InChI is InChI=1S/C8H10F2N2/c1-2-7(11)8-5(9)3-12-4-6(8)10/h3-4,7H,2,11H2,1H3/t7-/m0/s1. The fourth-order valence-corrected chi connectivity index (χ4v) is 0.980. The lowest BCUT2D eigenvalue weighted by atomic mass is 10.1. The summed E-state index contributed by atoms with van der Waals surface area (Å²) < 4.78 is 25.8. The summed E-state index contributed by atoms with van der Waals surface area (Å²) in [6.07, 6.45) is 2.43. The molecule has 0 unspecified atom stereocenters. The topological polar surface area (TPSA) is 38.9 Å². The summed E-state index contributed by atoms with van der Waals surface area (Å²) >= 11 is 0. The van der Waals surface area contributed by atoms with Crippen molar-refractivity contribution < 1.29 is 8.78 Å². The molecule has 0 fully saturated rings. The molecule has 1 aromatic heterocycles. The minimum atomic E-state index is -0.677. The molecule has 1 heterocycles. The van der Waals surface area contributed by atoms with E-state index in [1.165, 1.54) is 0 Å². The maximum Gasteiger partial charge on any atom is 0.149 e. The van der Waals surface area contributed by atoms with Crippen LogP contribution < -0.4 is 5.73 Å². The van der Waals surface area contributed by atoms with E-state index in [2.05, 4.69) is 4.98 Å². The van der Waals surface area contributed by atoms with Crippen LogP contribution in [0.15, 0.2) is 12.4 Å². The van der Waals surface area contributed by atoms with Crippen molar-refractivity contribution in [1.82, 2.24) is 4.98 Å². The van der Waals surface area contributed by atoms with Crippen LogP contribution in [0.4, 0.5) is 8.78 Å². The molecule has 1 rings (SSSR count). The van der Waals surface area contributed by atoms with E-state index in [1.807, 2.05) is 0 Å². The number of hydrogen-bond donors (Lipinski definition) is 1.